The van der Waals surface area contributed by atoms with Gasteiger partial charge >= 0.3 is 0 Å². The molecular formula is C14H16FN3O. The van der Waals surface area contributed by atoms with Gasteiger partial charge in [-0.1, -0.05) is 0 Å². The standard InChI is InChI=1S/C14H16FN3O/c1-14(2)9-17-12(7-8-16)13(19)18(14)11-5-3-10(15)4-6-11/h3-6,12,17H,7,9H2,1-2H3. The lowest BCUT2D eigenvalue weighted by atomic mass is 9.95. The van der Waals surface area contributed by atoms with Gasteiger partial charge < -0.3 is 10.2 Å². The summed E-state index contributed by atoms with van der Waals surface area (Å²) in [6, 6.07) is 7.35. The molecule has 0 aromatic heterocycles. The van der Waals surface area contributed by atoms with Crippen LogP contribution in [-0.2, 0) is 4.79 Å². The highest BCUT2D eigenvalue weighted by molar-refractivity contribution is 5.99. The van der Waals surface area contributed by atoms with Crippen LogP contribution in [0.15, 0.2) is 24.3 Å². The van der Waals surface area contributed by atoms with Gasteiger partial charge in [0.25, 0.3) is 0 Å². The van der Waals surface area contributed by atoms with E-state index in [-0.39, 0.29) is 18.1 Å². The molecule has 0 saturated carbocycles. The highest BCUT2D eigenvalue weighted by Crippen LogP contribution is 2.28. The van der Waals surface area contributed by atoms with E-state index in [0.29, 0.717) is 12.2 Å². The molecule has 1 saturated heterocycles. The summed E-state index contributed by atoms with van der Waals surface area (Å²) in [5.74, 6) is -0.484. The molecule has 2 rings (SSSR count). The normalized spacial score (nSPS) is 22.1. The molecule has 1 aliphatic rings. The minimum atomic E-state index is -0.497. The maximum Gasteiger partial charge on any atom is 0.245 e. The largest absolute Gasteiger partial charge is 0.304 e. The van der Waals surface area contributed by atoms with Gasteiger partial charge in [0.15, 0.2) is 0 Å². The van der Waals surface area contributed by atoms with E-state index in [2.05, 4.69) is 5.32 Å². The smallest absolute Gasteiger partial charge is 0.245 e. The van der Waals surface area contributed by atoms with Crippen LogP contribution in [0.3, 0.4) is 0 Å². The molecule has 1 fully saturated rings. The zero-order chi connectivity index (χ0) is 14.0. The van der Waals surface area contributed by atoms with Gasteiger partial charge in [0, 0.05) is 12.2 Å². The SMILES string of the molecule is CC1(C)CNC(CC#N)C(=O)N1c1ccc(F)cc1. The number of nitrogens with one attached hydrogen (secondary N) is 1. The number of piperazine rings is 1. The molecule has 1 N–H and O–H groups in total. The predicted molar refractivity (Wildman–Crippen MR) is 70.0 cm³/mol. The number of benzene rings is 1. The van der Waals surface area contributed by atoms with E-state index < -0.39 is 11.6 Å². The minimum Gasteiger partial charge on any atom is -0.304 e. The van der Waals surface area contributed by atoms with E-state index >= 15 is 0 Å². The van der Waals surface area contributed by atoms with Gasteiger partial charge in [0.1, 0.15) is 11.9 Å². The molecular weight excluding hydrogens is 245 g/mol. The molecule has 1 aromatic rings. The zero-order valence-electron chi connectivity index (χ0n) is 11.0. The second kappa shape index (κ2) is 4.98. The highest BCUT2D eigenvalue weighted by Gasteiger charge is 2.40. The topological polar surface area (TPSA) is 56.1 Å². The van der Waals surface area contributed by atoms with Crippen LogP contribution in [0.4, 0.5) is 10.1 Å². The lowest BCUT2D eigenvalue weighted by Gasteiger charge is -2.45. The summed E-state index contributed by atoms with van der Waals surface area (Å²) in [6.45, 7) is 4.45. The maximum absolute atomic E-state index is 13.0. The summed E-state index contributed by atoms with van der Waals surface area (Å²) in [4.78, 5) is 14.1. The van der Waals surface area contributed by atoms with Crippen molar-refractivity contribution in [1.82, 2.24) is 5.32 Å². The van der Waals surface area contributed by atoms with Crippen LogP contribution < -0.4 is 10.2 Å². The molecule has 0 spiro atoms. The number of hydrogen-bond donors (Lipinski definition) is 1. The van der Waals surface area contributed by atoms with Crippen LogP contribution in [0, 0.1) is 17.1 Å². The molecule has 1 atom stereocenters. The molecule has 0 radical (unpaired) electrons. The molecule has 0 bridgehead atoms. The van der Waals surface area contributed by atoms with Gasteiger partial charge in [-0.25, -0.2) is 4.39 Å². The fourth-order valence-electron chi connectivity index (χ4n) is 2.31. The van der Waals surface area contributed by atoms with Gasteiger partial charge in [-0.2, -0.15) is 5.26 Å². The van der Waals surface area contributed by atoms with Crippen LogP contribution in [0.1, 0.15) is 20.3 Å². The zero-order valence-corrected chi connectivity index (χ0v) is 11.0. The van der Waals surface area contributed by atoms with Crippen LogP contribution in [0.5, 0.6) is 0 Å². The van der Waals surface area contributed by atoms with Crippen molar-refractivity contribution < 1.29 is 9.18 Å². The van der Waals surface area contributed by atoms with Crippen molar-refractivity contribution >= 4 is 11.6 Å². The van der Waals surface area contributed by atoms with Crippen molar-refractivity contribution in [3.8, 4) is 6.07 Å². The molecule has 1 aliphatic heterocycles. The molecule has 0 aliphatic carbocycles. The van der Waals surface area contributed by atoms with Crippen molar-refractivity contribution in [2.45, 2.75) is 31.8 Å². The number of nitrogens with zero attached hydrogens (tertiary/aromatic N) is 2. The maximum atomic E-state index is 13.0. The first-order valence-electron chi connectivity index (χ1n) is 6.16. The Morgan fingerprint density at radius 1 is 1.47 bits per heavy atom. The number of amides is 1. The molecule has 1 heterocycles. The summed E-state index contributed by atoms with van der Waals surface area (Å²) < 4.78 is 13.0. The Bertz CT molecular complexity index is 518. The Morgan fingerprint density at radius 2 is 2.11 bits per heavy atom. The van der Waals surface area contributed by atoms with Crippen LogP contribution in [-0.4, -0.2) is 24.0 Å². The van der Waals surface area contributed by atoms with E-state index in [4.69, 9.17) is 5.26 Å². The van der Waals surface area contributed by atoms with Crippen molar-refractivity contribution in [1.29, 1.82) is 5.26 Å². The van der Waals surface area contributed by atoms with Gasteiger partial charge in [0.2, 0.25) is 5.91 Å². The summed E-state index contributed by atoms with van der Waals surface area (Å²) >= 11 is 0. The quantitative estimate of drug-likeness (QED) is 0.883. The average Bonchev–Trinajstić information content (AvgIpc) is 2.35. The Labute approximate surface area is 111 Å². The van der Waals surface area contributed by atoms with Crippen LogP contribution >= 0.6 is 0 Å². The number of halogens is 1. The Kier molecular flexibility index (Phi) is 3.54. The average molecular weight is 261 g/mol. The number of anilines is 1. The van der Waals surface area contributed by atoms with Gasteiger partial charge in [-0.3, -0.25) is 4.79 Å². The second-order valence-corrected chi connectivity index (χ2v) is 5.26. The summed E-state index contributed by atoms with van der Waals surface area (Å²) in [5, 5.41) is 11.8. The first-order chi connectivity index (χ1) is 8.95. The van der Waals surface area contributed by atoms with Crippen molar-refractivity contribution in [2.24, 2.45) is 0 Å². The number of carbonyl (C=O) groups excluding carboxylic acids is 1. The van der Waals surface area contributed by atoms with Gasteiger partial charge in [-0.15, -0.1) is 0 Å². The summed E-state index contributed by atoms with van der Waals surface area (Å²) in [6.07, 6.45) is 0.132. The Hall–Kier alpha value is -1.93. The summed E-state index contributed by atoms with van der Waals surface area (Å²) in [5.41, 5.74) is 0.238. The van der Waals surface area contributed by atoms with E-state index in [1.165, 1.54) is 12.1 Å². The fraction of sp³-hybridized carbons (Fsp3) is 0.429. The first kappa shape index (κ1) is 13.5. The monoisotopic (exact) mass is 261 g/mol. The third-order valence-electron chi connectivity index (χ3n) is 3.29. The molecule has 19 heavy (non-hydrogen) atoms. The highest BCUT2D eigenvalue weighted by atomic mass is 19.1. The van der Waals surface area contributed by atoms with Crippen molar-refractivity contribution in [2.75, 3.05) is 11.4 Å². The van der Waals surface area contributed by atoms with E-state index in [1.54, 1.807) is 17.0 Å². The molecule has 100 valence electrons. The number of rotatable bonds is 2. The fourth-order valence-corrected chi connectivity index (χ4v) is 2.31. The Balaban J connectivity index is 2.35. The van der Waals surface area contributed by atoms with E-state index in [0.717, 1.165) is 0 Å². The Morgan fingerprint density at radius 3 is 2.68 bits per heavy atom. The predicted octanol–water partition coefficient (Wildman–Crippen LogP) is 1.82. The minimum absolute atomic E-state index is 0.132. The molecule has 5 heteroatoms. The number of nitriles is 1. The van der Waals surface area contributed by atoms with Crippen LogP contribution in [0.25, 0.3) is 0 Å². The molecule has 1 unspecified atom stereocenters. The van der Waals surface area contributed by atoms with Crippen molar-refractivity contribution in [3.05, 3.63) is 30.1 Å². The number of carbonyl (C=O) groups is 1. The summed E-state index contributed by atoms with van der Waals surface area (Å²) in [7, 11) is 0. The second-order valence-electron chi connectivity index (χ2n) is 5.26. The third kappa shape index (κ3) is 2.59. The lowest BCUT2D eigenvalue weighted by Crippen LogP contribution is -2.65. The molecule has 1 amide bonds. The molecule has 4 nitrogen and oxygen atoms in total. The van der Waals surface area contributed by atoms with E-state index in [9.17, 15) is 9.18 Å². The van der Waals surface area contributed by atoms with E-state index in [1.807, 2.05) is 19.9 Å². The first-order valence-corrected chi connectivity index (χ1v) is 6.16. The van der Waals surface area contributed by atoms with Crippen LogP contribution in [0.2, 0.25) is 0 Å². The number of hydrogen-bond acceptors (Lipinski definition) is 3. The van der Waals surface area contributed by atoms with Gasteiger partial charge in [0.05, 0.1) is 18.0 Å². The lowest BCUT2D eigenvalue weighted by molar-refractivity contribution is -0.123. The molecule has 1 aromatic carbocycles. The van der Waals surface area contributed by atoms with Gasteiger partial charge in [-0.05, 0) is 38.1 Å². The third-order valence-corrected chi connectivity index (χ3v) is 3.29. The van der Waals surface area contributed by atoms with Crippen molar-refractivity contribution in [3.63, 3.8) is 0 Å².